The first-order valence-corrected chi connectivity index (χ1v) is 9.88. The second-order valence-corrected chi connectivity index (χ2v) is 7.53. The van der Waals surface area contributed by atoms with Crippen LogP contribution in [0.2, 0.25) is 0 Å². The van der Waals surface area contributed by atoms with Crippen molar-refractivity contribution in [1.29, 1.82) is 0 Å². The third-order valence-corrected chi connectivity index (χ3v) is 5.27. The number of thiophene rings is 1. The quantitative estimate of drug-likeness (QED) is 0.593. The Morgan fingerprint density at radius 2 is 2.35 bits per heavy atom. The lowest BCUT2D eigenvalue weighted by Gasteiger charge is -2.31. The van der Waals surface area contributed by atoms with Gasteiger partial charge < -0.3 is 10.6 Å². The summed E-state index contributed by atoms with van der Waals surface area (Å²) >= 11 is 1.86. The van der Waals surface area contributed by atoms with Gasteiger partial charge in [-0.05, 0) is 57.0 Å². The van der Waals surface area contributed by atoms with Crippen LogP contribution in [-0.4, -0.2) is 43.1 Å². The van der Waals surface area contributed by atoms with Gasteiger partial charge in [-0.1, -0.05) is 13.0 Å². The van der Waals surface area contributed by atoms with Crippen molar-refractivity contribution in [2.24, 2.45) is 10.9 Å². The molecule has 0 amide bonds. The molecule has 0 aromatic carbocycles. The van der Waals surface area contributed by atoms with Gasteiger partial charge in [-0.25, -0.2) is 0 Å². The Balaban J connectivity index is 1.83. The Morgan fingerprint density at radius 1 is 1.48 bits per heavy atom. The van der Waals surface area contributed by atoms with Gasteiger partial charge in [0.1, 0.15) is 0 Å². The molecule has 2 rings (SSSR count). The van der Waals surface area contributed by atoms with Gasteiger partial charge >= 0.3 is 0 Å². The highest BCUT2D eigenvalue weighted by atomic mass is 32.1. The monoisotopic (exact) mass is 336 g/mol. The lowest BCUT2D eigenvalue weighted by Crippen LogP contribution is -2.43. The molecule has 23 heavy (non-hydrogen) atoms. The fourth-order valence-corrected chi connectivity index (χ4v) is 3.69. The van der Waals surface area contributed by atoms with Gasteiger partial charge in [-0.15, -0.1) is 11.3 Å². The van der Waals surface area contributed by atoms with E-state index in [4.69, 9.17) is 4.99 Å². The largest absolute Gasteiger partial charge is 0.357 e. The van der Waals surface area contributed by atoms with Gasteiger partial charge in [0.05, 0.1) is 0 Å². The van der Waals surface area contributed by atoms with Gasteiger partial charge in [0.25, 0.3) is 0 Å². The zero-order valence-electron chi connectivity index (χ0n) is 14.8. The second-order valence-electron chi connectivity index (χ2n) is 6.50. The molecule has 2 atom stereocenters. The minimum atomic E-state index is 0.467. The minimum absolute atomic E-state index is 0.467. The summed E-state index contributed by atoms with van der Waals surface area (Å²) in [4.78, 5) is 8.89. The molecular weight excluding hydrogens is 304 g/mol. The Bertz CT molecular complexity index is 458. The summed E-state index contributed by atoms with van der Waals surface area (Å²) in [5.74, 6) is 1.65. The van der Waals surface area contributed by atoms with E-state index in [1.807, 2.05) is 11.3 Å². The predicted molar refractivity (Wildman–Crippen MR) is 101 cm³/mol. The van der Waals surface area contributed by atoms with Crippen molar-refractivity contribution in [2.45, 2.75) is 52.6 Å². The standard InChI is InChI=1S/C18H32N4S/c1-4-15(3)21-18(19-5-2)20-12-16-8-6-10-22(13-16)14-17-9-7-11-23-17/h7,9,11,15-16H,4-6,8,10,12-14H2,1-3H3,(H2,19,20,21). The Morgan fingerprint density at radius 3 is 3.04 bits per heavy atom. The molecule has 5 heteroatoms. The SMILES string of the molecule is CCNC(=NCC1CCCN(Cc2cccs2)C1)NC(C)CC. The van der Waals surface area contributed by atoms with Crippen LogP contribution in [0.25, 0.3) is 0 Å². The first-order chi connectivity index (χ1) is 11.2. The highest BCUT2D eigenvalue weighted by molar-refractivity contribution is 7.09. The first kappa shape index (κ1) is 18.3. The zero-order valence-corrected chi connectivity index (χ0v) is 15.7. The van der Waals surface area contributed by atoms with E-state index < -0.39 is 0 Å². The molecule has 0 radical (unpaired) electrons. The number of aliphatic imine (C=N–C) groups is 1. The molecule has 0 bridgehead atoms. The second kappa shape index (κ2) is 9.93. The number of nitrogens with zero attached hydrogens (tertiary/aromatic N) is 2. The molecule has 1 aromatic heterocycles. The van der Waals surface area contributed by atoms with Crippen molar-refractivity contribution in [3.63, 3.8) is 0 Å². The van der Waals surface area contributed by atoms with Crippen LogP contribution in [0, 0.1) is 5.92 Å². The molecule has 0 saturated carbocycles. The number of hydrogen-bond donors (Lipinski definition) is 2. The van der Waals surface area contributed by atoms with Crippen molar-refractivity contribution in [1.82, 2.24) is 15.5 Å². The molecule has 2 unspecified atom stereocenters. The molecule has 0 aliphatic carbocycles. The summed E-state index contributed by atoms with van der Waals surface area (Å²) in [6, 6.07) is 4.86. The summed E-state index contributed by atoms with van der Waals surface area (Å²) in [7, 11) is 0. The van der Waals surface area contributed by atoms with E-state index in [2.05, 4.69) is 53.8 Å². The van der Waals surface area contributed by atoms with Crippen LogP contribution >= 0.6 is 11.3 Å². The van der Waals surface area contributed by atoms with Crippen LogP contribution in [0.4, 0.5) is 0 Å². The fraction of sp³-hybridized carbons (Fsp3) is 0.722. The van der Waals surface area contributed by atoms with Crippen LogP contribution in [0.5, 0.6) is 0 Å². The number of likely N-dealkylation sites (tertiary alicyclic amines) is 1. The highest BCUT2D eigenvalue weighted by Gasteiger charge is 2.20. The van der Waals surface area contributed by atoms with Crippen molar-refractivity contribution in [3.8, 4) is 0 Å². The molecule has 1 aliphatic heterocycles. The molecule has 1 fully saturated rings. The number of piperidine rings is 1. The maximum absolute atomic E-state index is 4.83. The minimum Gasteiger partial charge on any atom is -0.357 e. The highest BCUT2D eigenvalue weighted by Crippen LogP contribution is 2.20. The van der Waals surface area contributed by atoms with E-state index in [0.717, 1.165) is 32.0 Å². The molecule has 1 aromatic rings. The Kier molecular flexibility index (Phi) is 7.89. The first-order valence-electron chi connectivity index (χ1n) is 9.00. The third kappa shape index (κ3) is 6.51. The van der Waals surface area contributed by atoms with E-state index in [0.29, 0.717) is 12.0 Å². The lowest BCUT2D eigenvalue weighted by molar-refractivity contribution is 0.172. The van der Waals surface area contributed by atoms with Crippen molar-refractivity contribution >= 4 is 17.3 Å². The molecule has 1 saturated heterocycles. The predicted octanol–water partition coefficient (Wildman–Crippen LogP) is 3.31. The summed E-state index contributed by atoms with van der Waals surface area (Å²) < 4.78 is 0. The van der Waals surface area contributed by atoms with E-state index in [9.17, 15) is 0 Å². The van der Waals surface area contributed by atoms with Gasteiger partial charge in [0.2, 0.25) is 0 Å². The molecule has 130 valence electrons. The van der Waals surface area contributed by atoms with Gasteiger partial charge in [-0.3, -0.25) is 9.89 Å². The van der Waals surface area contributed by atoms with Gasteiger partial charge in [-0.2, -0.15) is 0 Å². The molecule has 4 nitrogen and oxygen atoms in total. The van der Waals surface area contributed by atoms with Crippen LogP contribution in [0.15, 0.2) is 22.5 Å². The average molecular weight is 337 g/mol. The number of guanidine groups is 1. The number of nitrogens with one attached hydrogen (secondary N) is 2. The van der Waals surface area contributed by atoms with Crippen LogP contribution < -0.4 is 10.6 Å². The Hall–Kier alpha value is -1.07. The zero-order chi connectivity index (χ0) is 16.5. The third-order valence-electron chi connectivity index (χ3n) is 4.41. The van der Waals surface area contributed by atoms with Gasteiger partial charge in [0, 0.05) is 37.1 Å². The van der Waals surface area contributed by atoms with Crippen LogP contribution in [0.1, 0.15) is 44.9 Å². The van der Waals surface area contributed by atoms with E-state index in [-0.39, 0.29) is 0 Å². The van der Waals surface area contributed by atoms with Crippen LogP contribution in [-0.2, 0) is 6.54 Å². The molecule has 2 heterocycles. The van der Waals surface area contributed by atoms with E-state index in [1.54, 1.807) is 0 Å². The average Bonchev–Trinajstić information content (AvgIpc) is 3.06. The summed E-state index contributed by atoms with van der Waals surface area (Å²) in [6.07, 6.45) is 3.70. The van der Waals surface area contributed by atoms with Crippen molar-refractivity contribution in [2.75, 3.05) is 26.2 Å². The number of rotatable bonds is 7. The maximum Gasteiger partial charge on any atom is 0.191 e. The Labute approximate surface area is 145 Å². The summed E-state index contributed by atoms with van der Waals surface area (Å²) in [6.45, 7) is 11.9. The summed E-state index contributed by atoms with van der Waals surface area (Å²) in [5.41, 5.74) is 0. The van der Waals surface area contributed by atoms with Crippen molar-refractivity contribution < 1.29 is 0 Å². The normalized spacial score (nSPS) is 21.2. The molecule has 1 aliphatic rings. The number of hydrogen-bond acceptors (Lipinski definition) is 3. The van der Waals surface area contributed by atoms with E-state index >= 15 is 0 Å². The van der Waals surface area contributed by atoms with Crippen LogP contribution in [0.3, 0.4) is 0 Å². The van der Waals surface area contributed by atoms with Crippen molar-refractivity contribution in [3.05, 3.63) is 22.4 Å². The molecule has 0 spiro atoms. The topological polar surface area (TPSA) is 39.7 Å². The smallest absolute Gasteiger partial charge is 0.191 e. The fourth-order valence-electron chi connectivity index (χ4n) is 2.94. The maximum atomic E-state index is 4.83. The van der Waals surface area contributed by atoms with E-state index in [1.165, 1.54) is 30.8 Å². The summed E-state index contributed by atoms with van der Waals surface area (Å²) in [5, 5.41) is 9.01. The molecular formula is C18H32N4S. The molecule has 2 N–H and O–H groups in total. The lowest BCUT2D eigenvalue weighted by atomic mass is 9.98. The van der Waals surface area contributed by atoms with Gasteiger partial charge in [0.15, 0.2) is 5.96 Å².